The molecule has 0 spiro atoms. The summed E-state index contributed by atoms with van der Waals surface area (Å²) >= 11 is 1.63. The maximum Gasteiger partial charge on any atom is 0.133 e. The largest absolute Gasteiger partial charge is 0.491 e. The van der Waals surface area contributed by atoms with Crippen LogP contribution in [0.1, 0.15) is 0 Å². The van der Waals surface area contributed by atoms with Gasteiger partial charge in [-0.15, -0.1) is 0 Å². The van der Waals surface area contributed by atoms with Crippen LogP contribution in [0.5, 0.6) is 5.75 Å². The third-order valence-corrected chi connectivity index (χ3v) is 4.95. The van der Waals surface area contributed by atoms with Gasteiger partial charge < -0.3 is 20.9 Å². The summed E-state index contributed by atoms with van der Waals surface area (Å²) in [6, 6.07) is 13.8. The van der Waals surface area contributed by atoms with Crippen molar-refractivity contribution in [1.29, 1.82) is 0 Å². The second-order valence-corrected chi connectivity index (χ2v) is 6.76. The van der Waals surface area contributed by atoms with Crippen LogP contribution in [0.4, 0.5) is 11.4 Å². The lowest BCUT2D eigenvalue weighted by molar-refractivity contribution is 0.0321. The molecule has 2 aromatic carbocycles. The van der Waals surface area contributed by atoms with E-state index in [1.54, 1.807) is 11.8 Å². The number of ether oxygens (including phenoxy) is 2. The van der Waals surface area contributed by atoms with Crippen molar-refractivity contribution < 1.29 is 9.47 Å². The average molecular weight is 345 g/mol. The van der Waals surface area contributed by atoms with Crippen LogP contribution in [0, 0.1) is 0 Å². The Hall–Kier alpha value is -1.89. The standard InChI is InChI=1S/C18H23N3O2S/c19-15-6-5-14(13-16(15)20)24-18-4-2-1-3-17(18)23-12-9-21-7-10-22-11-8-21/h1-6,13H,7-12,19-20H2. The summed E-state index contributed by atoms with van der Waals surface area (Å²) < 4.78 is 11.4. The van der Waals surface area contributed by atoms with Gasteiger partial charge in [0.15, 0.2) is 0 Å². The zero-order valence-corrected chi connectivity index (χ0v) is 14.4. The smallest absolute Gasteiger partial charge is 0.133 e. The van der Waals surface area contributed by atoms with Crippen LogP contribution in [0.25, 0.3) is 0 Å². The predicted molar refractivity (Wildman–Crippen MR) is 98.6 cm³/mol. The van der Waals surface area contributed by atoms with Gasteiger partial charge in [-0.2, -0.15) is 0 Å². The van der Waals surface area contributed by atoms with Crippen molar-refractivity contribution >= 4 is 23.1 Å². The predicted octanol–water partition coefficient (Wildman–Crippen LogP) is 2.71. The Morgan fingerprint density at radius 1 is 1.04 bits per heavy atom. The van der Waals surface area contributed by atoms with E-state index in [4.69, 9.17) is 20.9 Å². The van der Waals surface area contributed by atoms with Crippen LogP contribution in [0.3, 0.4) is 0 Å². The van der Waals surface area contributed by atoms with Crippen molar-refractivity contribution in [2.24, 2.45) is 0 Å². The molecule has 0 atom stereocenters. The first-order valence-corrected chi connectivity index (χ1v) is 8.89. The third kappa shape index (κ3) is 4.56. The quantitative estimate of drug-likeness (QED) is 0.784. The number of nitrogen functional groups attached to an aromatic ring is 2. The molecule has 24 heavy (non-hydrogen) atoms. The second-order valence-electron chi connectivity index (χ2n) is 5.64. The fourth-order valence-corrected chi connectivity index (χ4v) is 3.46. The number of nitrogens with zero attached hydrogens (tertiary/aromatic N) is 1. The van der Waals surface area contributed by atoms with Gasteiger partial charge in [-0.05, 0) is 30.3 Å². The van der Waals surface area contributed by atoms with Gasteiger partial charge in [0.1, 0.15) is 12.4 Å². The molecule has 6 heteroatoms. The number of morpholine rings is 1. The van der Waals surface area contributed by atoms with E-state index in [9.17, 15) is 0 Å². The first-order chi connectivity index (χ1) is 11.7. The Morgan fingerprint density at radius 3 is 2.62 bits per heavy atom. The van der Waals surface area contributed by atoms with E-state index >= 15 is 0 Å². The Labute approximate surface area is 146 Å². The van der Waals surface area contributed by atoms with Gasteiger partial charge in [0.2, 0.25) is 0 Å². The van der Waals surface area contributed by atoms with Gasteiger partial charge in [0.25, 0.3) is 0 Å². The van der Waals surface area contributed by atoms with Gasteiger partial charge in [-0.1, -0.05) is 23.9 Å². The number of hydrogen-bond donors (Lipinski definition) is 2. The minimum Gasteiger partial charge on any atom is -0.491 e. The summed E-state index contributed by atoms with van der Waals surface area (Å²) in [5, 5.41) is 0. The Morgan fingerprint density at radius 2 is 1.83 bits per heavy atom. The van der Waals surface area contributed by atoms with Crippen LogP contribution in [-0.4, -0.2) is 44.4 Å². The molecule has 5 nitrogen and oxygen atoms in total. The molecule has 0 aromatic heterocycles. The fraction of sp³-hybridized carbons (Fsp3) is 0.333. The van der Waals surface area contributed by atoms with Crippen molar-refractivity contribution in [3.05, 3.63) is 42.5 Å². The van der Waals surface area contributed by atoms with E-state index in [-0.39, 0.29) is 0 Å². The number of rotatable bonds is 6. The van der Waals surface area contributed by atoms with Crippen LogP contribution in [0.2, 0.25) is 0 Å². The van der Waals surface area contributed by atoms with Crippen LogP contribution >= 0.6 is 11.8 Å². The number of para-hydroxylation sites is 1. The summed E-state index contributed by atoms with van der Waals surface area (Å²) in [4.78, 5) is 4.48. The first-order valence-electron chi connectivity index (χ1n) is 8.07. The third-order valence-electron chi connectivity index (χ3n) is 3.90. The maximum absolute atomic E-state index is 6.01. The molecular formula is C18H23N3O2S. The average Bonchev–Trinajstić information content (AvgIpc) is 2.61. The normalized spacial score (nSPS) is 15.3. The molecule has 1 fully saturated rings. The Balaban J connectivity index is 1.60. The lowest BCUT2D eigenvalue weighted by Gasteiger charge is -2.26. The van der Waals surface area contributed by atoms with Gasteiger partial charge in [0.05, 0.1) is 29.5 Å². The van der Waals surface area contributed by atoms with Gasteiger partial charge in [0, 0.05) is 24.5 Å². The molecule has 3 rings (SSSR count). The molecule has 0 radical (unpaired) electrons. The Kier molecular flexibility index (Phi) is 5.85. The molecule has 0 amide bonds. The first kappa shape index (κ1) is 17.0. The van der Waals surface area contributed by atoms with E-state index in [0.29, 0.717) is 18.0 Å². The molecular weight excluding hydrogens is 322 g/mol. The van der Waals surface area contributed by atoms with Gasteiger partial charge in [-0.3, -0.25) is 4.90 Å². The summed E-state index contributed by atoms with van der Waals surface area (Å²) in [6.45, 7) is 5.16. The topological polar surface area (TPSA) is 73.7 Å². The highest BCUT2D eigenvalue weighted by atomic mass is 32.2. The molecule has 1 aliphatic heterocycles. The molecule has 1 heterocycles. The van der Waals surface area contributed by atoms with Gasteiger partial charge in [-0.25, -0.2) is 0 Å². The highest BCUT2D eigenvalue weighted by Gasteiger charge is 2.11. The molecule has 128 valence electrons. The molecule has 0 saturated carbocycles. The van der Waals surface area contributed by atoms with Crippen molar-refractivity contribution in [2.45, 2.75) is 9.79 Å². The van der Waals surface area contributed by atoms with E-state index in [0.717, 1.165) is 48.4 Å². The van der Waals surface area contributed by atoms with Crippen molar-refractivity contribution in [3.63, 3.8) is 0 Å². The zero-order valence-electron chi connectivity index (χ0n) is 13.6. The van der Waals surface area contributed by atoms with Crippen LogP contribution < -0.4 is 16.2 Å². The zero-order chi connectivity index (χ0) is 16.8. The molecule has 0 bridgehead atoms. The number of hydrogen-bond acceptors (Lipinski definition) is 6. The lowest BCUT2D eigenvalue weighted by atomic mass is 10.3. The molecule has 2 aromatic rings. The molecule has 0 aliphatic carbocycles. The van der Waals surface area contributed by atoms with Gasteiger partial charge >= 0.3 is 0 Å². The van der Waals surface area contributed by atoms with Crippen molar-refractivity contribution in [3.8, 4) is 5.75 Å². The summed E-state index contributed by atoms with van der Waals surface area (Å²) in [7, 11) is 0. The highest BCUT2D eigenvalue weighted by Crippen LogP contribution is 2.36. The Bertz CT molecular complexity index is 675. The molecule has 1 aliphatic rings. The lowest BCUT2D eigenvalue weighted by Crippen LogP contribution is -2.38. The monoisotopic (exact) mass is 345 g/mol. The fourth-order valence-electron chi connectivity index (χ4n) is 2.51. The summed E-state index contributed by atoms with van der Waals surface area (Å²) in [5.74, 6) is 0.895. The summed E-state index contributed by atoms with van der Waals surface area (Å²) in [5.41, 5.74) is 12.9. The molecule has 4 N–H and O–H groups in total. The molecule has 1 saturated heterocycles. The minimum absolute atomic E-state index is 0.603. The SMILES string of the molecule is Nc1ccc(Sc2ccccc2OCCN2CCOCC2)cc1N. The second kappa shape index (κ2) is 8.28. The van der Waals surface area contributed by atoms with E-state index in [1.165, 1.54) is 0 Å². The van der Waals surface area contributed by atoms with E-state index < -0.39 is 0 Å². The van der Waals surface area contributed by atoms with E-state index in [2.05, 4.69) is 11.0 Å². The van der Waals surface area contributed by atoms with Crippen LogP contribution in [0.15, 0.2) is 52.3 Å². The van der Waals surface area contributed by atoms with Crippen molar-refractivity contribution in [1.82, 2.24) is 4.90 Å². The van der Waals surface area contributed by atoms with E-state index in [1.807, 2.05) is 36.4 Å². The highest BCUT2D eigenvalue weighted by molar-refractivity contribution is 7.99. The maximum atomic E-state index is 6.01. The number of anilines is 2. The number of nitrogens with two attached hydrogens (primary N) is 2. The number of benzene rings is 2. The van der Waals surface area contributed by atoms with Crippen LogP contribution in [-0.2, 0) is 4.74 Å². The molecule has 0 unspecified atom stereocenters. The van der Waals surface area contributed by atoms with Crippen molar-refractivity contribution in [2.75, 3.05) is 50.9 Å². The summed E-state index contributed by atoms with van der Waals surface area (Å²) in [6.07, 6.45) is 0. The minimum atomic E-state index is 0.603.